The van der Waals surface area contributed by atoms with Crippen molar-refractivity contribution in [2.75, 3.05) is 11.9 Å². The lowest BCUT2D eigenvalue weighted by Crippen LogP contribution is -2.37. The van der Waals surface area contributed by atoms with Crippen LogP contribution in [-0.2, 0) is 0 Å². The number of benzene rings is 1. The molecule has 0 bridgehead atoms. The first kappa shape index (κ1) is 11.8. The van der Waals surface area contributed by atoms with Crippen LogP contribution < -0.4 is 4.74 Å². The van der Waals surface area contributed by atoms with Gasteiger partial charge < -0.3 is 4.74 Å². The van der Waals surface area contributed by atoms with Crippen molar-refractivity contribution < 1.29 is 13.5 Å². The maximum absolute atomic E-state index is 13.3. The largest absolute Gasteiger partial charge is 0.487 e. The predicted molar refractivity (Wildman–Crippen MR) is 61.9 cm³/mol. The molecule has 1 aliphatic rings. The Labute approximate surface area is 102 Å². The van der Waals surface area contributed by atoms with Crippen LogP contribution in [0.4, 0.5) is 8.78 Å². The van der Waals surface area contributed by atoms with Gasteiger partial charge in [0.05, 0.1) is 6.61 Å². The second-order valence-electron chi connectivity index (χ2n) is 4.33. The van der Waals surface area contributed by atoms with E-state index in [9.17, 15) is 8.78 Å². The van der Waals surface area contributed by atoms with Crippen molar-refractivity contribution in [1.29, 1.82) is 0 Å². The molecule has 0 spiro atoms. The second kappa shape index (κ2) is 4.70. The fourth-order valence-electron chi connectivity index (χ4n) is 1.84. The van der Waals surface area contributed by atoms with Gasteiger partial charge in [-0.15, -0.1) is 0 Å². The molecule has 0 radical (unpaired) electrons. The number of para-hydroxylation sites is 1. The average Bonchev–Trinajstić information content (AvgIpc) is 2.20. The van der Waals surface area contributed by atoms with E-state index < -0.39 is 11.6 Å². The lowest BCUT2D eigenvalue weighted by Gasteiger charge is -2.39. The van der Waals surface area contributed by atoms with Gasteiger partial charge in [-0.05, 0) is 25.0 Å². The van der Waals surface area contributed by atoms with E-state index >= 15 is 0 Å². The third-order valence-electron chi connectivity index (χ3n) is 3.14. The molecular formula is C12H13BrF2O. The van der Waals surface area contributed by atoms with Gasteiger partial charge in [0, 0.05) is 10.7 Å². The van der Waals surface area contributed by atoms with E-state index in [2.05, 4.69) is 15.9 Å². The highest BCUT2D eigenvalue weighted by atomic mass is 79.9. The molecule has 4 heteroatoms. The van der Waals surface area contributed by atoms with Gasteiger partial charge in [-0.3, -0.25) is 0 Å². The molecule has 1 nitrogen and oxygen atoms in total. The summed E-state index contributed by atoms with van der Waals surface area (Å²) in [5.41, 5.74) is 0.0642. The predicted octanol–water partition coefficient (Wildman–Crippen LogP) is 3.91. The molecule has 1 saturated carbocycles. The van der Waals surface area contributed by atoms with Gasteiger partial charge in [-0.25, -0.2) is 8.78 Å². The number of rotatable bonds is 4. The first-order valence-corrected chi connectivity index (χ1v) is 6.42. The Balaban J connectivity index is 2.04. The number of halogens is 3. The topological polar surface area (TPSA) is 9.23 Å². The molecule has 0 atom stereocenters. The van der Waals surface area contributed by atoms with Gasteiger partial charge in [0.15, 0.2) is 17.4 Å². The zero-order valence-corrected chi connectivity index (χ0v) is 10.4. The first-order valence-electron chi connectivity index (χ1n) is 5.30. The average molecular weight is 291 g/mol. The maximum Gasteiger partial charge on any atom is 0.190 e. The highest BCUT2D eigenvalue weighted by Gasteiger charge is 2.37. The minimum atomic E-state index is -0.635. The first-order chi connectivity index (χ1) is 7.67. The van der Waals surface area contributed by atoms with Crippen LogP contribution in [0, 0.1) is 17.0 Å². The lowest BCUT2D eigenvalue weighted by molar-refractivity contribution is 0.0787. The Kier molecular flexibility index (Phi) is 3.47. The standard InChI is InChI=1S/C12H13BrF2O/c13-7-12(5-2-6-12)8-16-11-9(14)3-1-4-10(11)15/h1,3-4H,2,5-8H2. The van der Waals surface area contributed by atoms with E-state index in [-0.39, 0.29) is 11.2 Å². The molecule has 88 valence electrons. The molecule has 0 aromatic heterocycles. The fourth-order valence-corrected chi connectivity index (χ4v) is 2.56. The van der Waals surface area contributed by atoms with Crippen molar-refractivity contribution in [2.24, 2.45) is 5.41 Å². The Morgan fingerprint density at radius 1 is 1.25 bits per heavy atom. The lowest BCUT2D eigenvalue weighted by atomic mass is 9.71. The van der Waals surface area contributed by atoms with E-state index in [0.717, 1.165) is 24.6 Å². The summed E-state index contributed by atoms with van der Waals surface area (Å²) in [6.07, 6.45) is 3.26. The van der Waals surface area contributed by atoms with Crippen molar-refractivity contribution >= 4 is 15.9 Å². The molecular weight excluding hydrogens is 278 g/mol. The van der Waals surface area contributed by atoms with Crippen molar-refractivity contribution in [1.82, 2.24) is 0 Å². The molecule has 2 rings (SSSR count). The fraction of sp³-hybridized carbons (Fsp3) is 0.500. The third-order valence-corrected chi connectivity index (χ3v) is 4.33. The molecule has 1 aliphatic carbocycles. The molecule has 0 aliphatic heterocycles. The van der Waals surface area contributed by atoms with Crippen molar-refractivity contribution in [3.8, 4) is 5.75 Å². The second-order valence-corrected chi connectivity index (χ2v) is 4.89. The minimum absolute atomic E-state index is 0.0642. The van der Waals surface area contributed by atoms with Gasteiger partial charge in [-0.2, -0.15) is 0 Å². The van der Waals surface area contributed by atoms with Crippen LogP contribution >= 0.6 is 15.9 Å². The SMILES string of the molecule is Fc1cccc(F)c1OCC1(CBr)CCC1. The van der Waals surface area contributed by atoms with Crippen LogP contribution in [0.5, 0.6) is 5.75 Å². The molecule has 0 heterocycles. The zero-order valence-electron chi connectivity index (χ0n) is 8.81. The van der Waals surface area contributed by atoms with Crippen LogP contribution in [0.1, 0.15) is 19.3 Å². The van der Waals surface area contributed by atoms with E-state index in [0.29, 0.717) is 6.61 Å². The summed E-state index contributed by atoms with van der Waals surface area (Å²) in [6, 6.07) is 3.75. The molecule has 1 fully saturated rings. The van der Waals surface area contributed by atoms with Crippen LogP contribution in [0.3, 0.4) is 0 Å². The Hall–Kier alpha value is -0.640. The van der Waals surface area contributed by atoms with Crippen LogP contribution in [0.15, 0.2) is 18.2 Å². The van der Waals surface area contributed by atoms with Crippen LogP contribution in [-0.4, -0.2) is 11.9 Å². The highest BCUT2D eigenvalue weighted by Crippen LogP contribution is 2.42. The summed E-state index contributed by atoms with van der Waals surface area (Å²) in [7, 11) is 0. The molecule has 0 amide bonds. The number of alkyl halides is 1. The molecule has 1 aromatic carbocycles. The summed E-state index contributed by atoms with van der Waals surface area (Å²) >= 11 is 3.43. The molecule has 0 N–H and O–H groups in total. The molecule has 0 unspecified atom stereocenters. The van der Waals surface area contributed by atoms with E-state index in [4.69, 9.17) is 4.74 Å². The Morgan fingerprint density at radius 3 is 2.31 bits per heavy atom. The zero-order chi connectivity index (χ0) is 11.6. The maximum atomic E-state index is 13.3. The van der Waals surface area contributed by atoms with Crippen molar-refractivity contribution in [2.45, 2.75) is 19.3 Å². The van der Waals surface area contributed by atoms with Crippen molar-refractivity contribution in [3.63, 3.8) is 0 Å². The van der Waals surface area contributed by atoms with Gasteiger partial charge in [0.2, 0.25) is 0 Å². The minimum Gasteiger partial charge on any atom is -0.487 e. The van der Waals surface area contributed by atoms with Gasteiger partial charge in [0.1, 0.15) is 0 Å². The van der Waals surface area contributed by atoms with E-state index in [1.807, 2.05) is 0 Å². The summed E-state index contributed by atoms with van der Waals surface area (Å²) in [4.78, 5) is 0. The number of hydrogen-bond donors (Lipinski definition) is 0. The van der Waals surface area contributed by atoms with Gasteiger partial charge in [0.25, 0.3) is 0 Å². The van der Waals surface area contributed by atoms with Gasteiger partial charge >= 0.3 is 0 Å². The molecule has 0 saturated heterocycles. The highest BCUT2D eigenvalue weighted by molar-refractivity contribution is 9.09. The molecule has 1 aromatic rings. The van der Waals surface area contributed by atoms with E-state index in [1.54, 1.807) is 0 Å². The summed E-state index contributed by atoms with van der Waals surface area (Å²) in [6.45, 7) is 0.371. The third kappa shape index (κ3) is 2.21. The Morgan fingerprint density at radius 2 is 1.88 bits per heavy atom. The summed E-state index contributed by atoms with van der Waals surface area (Å²) in [5.74, 6) is -1.53. The Bertz CT molecular complexity index is 352. The van der Waals surface area contributed by atoms with Crippen LogP contribution in [0.2, 0.25) is 0 Å². The monoisotopic (exact) mass is 290 g/mol. The van der Waals surface area contributed by atoms with Gasteiger partial charge in [-0.1, -0.05) is 28.4 Å². The van der Waals surface area contributed by atoms with Crippen molar-refractivity contribution in [3.05, 3.63) is 29.8 Å². The molecule has 16 heavy (non-hydrogen) atoms. The van der Waals surface area contributed by atoms with Crippen LogP contribution in [0.25, 0.3) is 0 Å². The summed E-state index contributed by atoms with van der Waals surface area (Å²) < 4.78 is 31.8. The normalized spacial score (nSPS) is 17.9. The van der Waals surface area contributed by atoms with E-state index in [1.165, 1.54) is 18.2 Å². The quantitative estimate of drug-likeness (QED) is 0.764. The summed E-state index contributed by atoms with van der Waals surface area (Å²) in [5, 5.41) is 0.816. The smallest absolute Gasteiger partial charge is 0.190 e. The number of ether oxygens (including phenoxy) is 1. The number of hydrogen-bond acceptors (Lipinski definition) is 1.